The summed E-state index contributed by atoms with van der Waals surface area (Å²) in [6, 6.07) is 3.59. The Bertz CT molecular complexity index is 548. The average molecular weight is 260 g/mol. The quantitative estimate of drug-likeness (QED) is 0.776. The van der Waals surface area contributed by atoms with E-state index in [9.17, 15) is 4.79 Å². The Hall–Kier alpha value is -2.24. The zero-order valence-electron chi connectivity index (χ0n) is 11.0. The molecule has 2 aromatic heterocycles. The number of aryl methyl sites for hydroxylation is 1. The van der Waals surface area contributed by atoms with Gasteiger partial charge in [-0.15, -0.1) is 0 Å². The van der Waals surface area contributed by atoms with Crippen molar-refractivity contribution in [2.45, 2.75) is 26.3 Å². The molecule has 6 nitrogen and oxygen atoms in total. The summed E-state index contributed by atoms with van der Waals surface area (Å²) in [6.07, 6.45) is 3.76. The van der Waals surface area contributed by atoms with E-state index in [4.69, 9.17) is 4.74 Å². The van der Waals surface area contributed by atoms with Gasteiger partial charge in [-0.3, -0.25) is 4.79 Å². The van der Waals surface area contributed by atoms with Crippen molar-refractivity contribution in [2.24, 2.45) is 0 Å². The Kier molecular flexibility index (Phi) is 4.22. The summed E-state index contributed by atoms with van der Waals surface area (Å²) in [5, 5.41) is 4.04. The number of ketones is 1. The molecule has 0 fully saturated rings. The molecule has 0 aliphatic rings. The molecule has 0 atom stereocenters. The lowest BCUT2D eigenvalue weighted by molar-refractivity contribution is -0.117. The number of hydrogen-bond donors (Lipinski definition) is 0. The van der Waals surface area contributed by atoms with Gasteiger partial charge >= 0.3 is 0 Å². The van der Waals surface area contributed by atoms with Crippen molar-refractivity contribution in [3.8, 4) is 5.88 Å². The number of pyridine rings is 1. The molecule has 6 heteroatoms. The Morgan fingerprint density at radius 3 is 2.79 bits per heavy atom. The number of ether oxygens (including phenoxy) is 1. The third-order valence-corrected chi connectivity index (χ3v) is 2.76. The maximum Gasteiger partial charge on any atom is 0.212 e. The molecule has 0 saturated carbocycles. The van der Waals surface area contributed by atoms with E-state index in [1.165, 1.54) is 6.33 Å². The molecule has 0 N–H and O–H groups in total. The number of Topliss-reactive ketones (excluding diaryl/α,β-unsaturated/α-hetero) is 1. The fourth-order valence-electron chi connectivity index (χ4n) is 1.79. The molecule has 0 aliphatic heterocycles. The van der Waals surface area contributed by atoms with Crippen LogP contribution in [0.15, 0.2) is 24.7 Å². The number of carbonyl (C=O) groups excluding carboxylic acids is 1. The predicted molar refractivity (Wildman–Crippen MR) is 68.9 cm³/mol. The lowest BCUT2D eigenvalue weighted by Crippen LogP contribution is -2.12. The highest BCUT2D eigenvalue weighted by Gasteiger charge is 2.10. The van der Waals surface area contributed by atoms with Gasteiger partial charge in [-0.1, -0.05) is 6.07 Å². The topological polar surface area (TPSA) is 69.9 Å². The van der Waals surface area contributed by atoms with Gasteiger partial charge in [0.25, 0.3) is 0 Å². The summed E-state index contributed by atoms with van der Waals surface area (Å²) in [4.78, 5) is 20.1. The number of carbonyl (C=O) groups is 1. The van der Waals surface area contributed by atoms with Gasteiger partial charge in [0.1, 0.15) is 17.9 Å². The van der Waals surface area contributed by atoms with E-state index in [2.05, 4.69) is 15.1 Å². The van der Waals surface area contributed by atoms with Crippen molar-refractivity contribution >= 4 is 5.78 Å². The summed E-state index contributed by atoms with van der Waals surface area (Å²) in [5.74, 6) is 1.34. The first-order chi connectivity index (χ1) is 9.22. The van der Waals surface area contributed by atoms with Crippen LogP contribution in [0.25, 0.3) is 0 Å². The predicted octanol–water partition coefficient (Wildman–Crippen LogP) is 1.06. The average Bonchev–Trinajstić information content (AvgIpc) is 2.86. The van der Waals surface area contributed by atoms with Gasteiger partial charge in [-0.25, -0.2) is 14.6 Å². The van der Waals surface area contributed by atoms with Crippen LogP contribution in [0.4, 0.5) is 0 Å². The highest BCUT2D eigenvalue weighted by atomic mass is 16.5. The van der Waals surface area contributed by atoms with Gasteiger partial charge in [0.05, 0.1) is 13.5 Å². The molecule has 2 aromatic rings. The summed E-state index contributed by atoms with van der Waals surface area (Å²) >= 11 is 0. The van der Waals surface area contributed by atoms with Gasteiger partial charge in [0.2, 0.25) is 5.88 Å². The first kappa shape index (κ1) is 13.2. The maximum absolute atomic E-state index is 12.0. The fourth-order valence-corrected chi connectivity index (χ4v) is 1.79. The van der Waals surface area contributed by atoms with Crippen LogP contribution in [0.3, 0.4) is 0 Å². The van der Waals surface area contributed by atoms with E-state index in [1.807, 2.05) is 13.0 Å². The van der Waals surface area contributed by atoms with Crippen LogP contribution in [0.5, 0.6) is 5.88 Å². The third kappa shape index (κ3) is 3.37. The Labute approximate surface area is 111 Å². The van der Waals surface area contributed by atoms with Crippen LogP contribution >= 0.6 is 0 Å². The molecule has 19 heavy (non-hydrogen) atoms. The number of rotatable bonds is 6. The van der Waals surface area contributed by atoms with Crippen molar-refractivity contribution in [1.29, 1.82) is 0 Å². The van der Waals surface area contributed by atoms with E-state index in [1.54, 1.807) is 24.1 Å². The molecule has 2 heterocycles. The minimum atomic E-state index is 0.0923. The molecule has 100 valence electrons. The van der Waals surface area contributed by atoms with Crippen LogP contribution in [-0.2, 0) is 24.2 Å². The van der Waals surface area contributed by atoms with E-state index in [0.717, 1.165) is 5.56 Å². The number of hydrogen-bond acceptors (Lipinski definition) is 5. The Morgan fingerprint density at radius 2 is 2.16 bits per heavy atom. The van der Waals surface area contributed by atoms with Gasteiger partial charge in [-0.2, -0.15) is 5.10 Å². The van der Waals surface area contributed by atoms with Gasteiger partial charge in [0.15, 0.2) is 0 Å². The smallest absolute Gasteiger partial charge is 0.212 e. The zero-order valence-corrected chi connectivity index (χ0v) is 11.0. The van der Waals surface area contributed by atoms with Crippen molar-refractivity contribution in [1.82, 2.24) is 19.7 Å². The van der Waals surface area contributed by atoms with Crippen LogP contribution in [0, 0.1) is 0 Å². The molecule has 0 unspecified atom stereocenters. The SMILES string of the molecule is CCn1ncnc1CC(=O)Cc1ccc(OC)nc1. The first-order valence-electron chi connectivity index (χ1n) is 6.10. The Morgan fingerprint density at radius 1 is 1.32 bits per heavy atom. The van der Waals surface area contributed by atoms with Crippen LogP contribution < -0.4 is 4.74 Å². The monoisotopic (exact) mass is 260 g/mol. The summed E-state index contributed by atoms with van der Waals surface area (Å²) in [6.45, 7) is 2.68. The molecular formula is C13H16N4O2. The van der Waals surface area contributed by atoms with Gasteiger partial charge in [0, 0.05) is 25.2 Å². The molecule has 0 amide bonds. The summed E-state index contributed by atoms with van der Waals surface area (Å²) in [5.41, 5.74) is 0.869. The lowest BCUT2D eigenvalue weighted by Gasteiger charge is -2.03. The van der Waals surface area contributed by atoms with E-state index >= 15 is 0 Å². The van der Waals surface area contributed by atoms with Crippen LogP contribution in [0.1, 0.15) is 18.3 Å². The maximum atomic E-state index is 12.0. The third-order valence-electron chi connectivity index (χ3n) is 2.76. The minimum absolute atomic E-state index is 0.0923. The van der Waals surface area contributed by atoms with Crippen LogP contribution in [-0.4, -0.2) is 32.6 Å². The molecule has 0 bridgehead atoms. The van der Waals surface area contributed by atoms with Gasteiger partial charge < -0.3 is 4.74 Å². The number of nitrogens with zero attached hydrogens (tertiary/aromatic N) is 4. The first-order valence-corrected chi connectivity index (χ1v) is 6.10. The molecule has 2 rings (SSSR count). The largest absolute Gasteiger partial charge is 0.481 e. The number of aromatic nitrogens is 4. The molecule has 0 aromatic carbocycles. The van der Waals surface area contributed by atoms with E-state index in [-0.39, 0.29) is 5.78 Å². The second-order valence-corrected chi connectivity index (χ2v) is 4.09. The Balaban J connectivity index is 1.97. The zero-order chi connectivity index (χ0) is 13.7. The van der Waals surface area contributed by atoms with Crippen molar-refractivity contribution in [3.63, 3.8) is 0 Å². The van der Waals surface area contributed by atoms with Gasteiger partial charge in [-0.05, 0) is 12.5 Å². The minimum Gasteiger partial charge on any atom is -0.481 e. The standard InChI is InChI=1S/C13H16N4O2/c1-3-17-12(15-9-16-17)7-11(18)6-10-4-5-13(19-2)14-8-10/h4-5,8-9H,3,6-7H2,1-2H3. The van der Waals surface area contributed by atoms with Crippen molar-refractivity contribution in [2.75, 3.05) is 7.11 Å². The van der Waals surface area contributed by atoms with E-state index in [0.29, 0.717) is 31.1 Å². The summed E-state index contributed by atoms with van der Waals surface area (Å²) < 4.78 is 6.70. The van der Waals surface area contributed by atoms with Crippen molar-refractivity contribution in [3.05, 3.63) is 36.0 Å². The molecule has 0 saturated heterocycles. The fraction of sp³-hybridized carbons (Fsp3) is 0.385. The lowest BCUT2D eigenvalue weighted by atomic mass is 10.1. The molecule has 0 aliphatic carbocycles. The van der Waals surface area contributed by atoms with Crippen LogP contribution in [0.2, 0.25) is 0 Å². The molecule has 0 spiro atoms. The number of methoxy groups -OCH3 is 1. The van der Waals surface area contributed by atoms with Crippen molar-refractivity contribution < 1.29 is 9.53 Å². The molecule has 0 radical (unpaired) electrons. The molecular weight excluding hydrogens is 244 g/mol. The van der Waals surface area contributed by atoms with E-state index < -0.39 is 0 Å². The normalized spacial score (nSPS) is 10.4. The highest BCUT2D eigenvalue weighted by molar-refractivity contribution is 5.82. The summed E-state index contributed by atoms with van der Waals surface area (Å²) in [7, 11) is 1.56. The highest BCUT2D eigenvalue weighted by Crippen LogP contribution is 2.08. The second-order valence-electron chi connectivity index (χ2n) is 4.09. The second kappa shape index (κ2) is 6.08.